The minimum Gasteiger partial charge on any atom is -0.395 e. The third-order valence-corrected chi connectivity index (χ3v) is 3.24. The maximum Gasteiger partial charge on any atom is 0.267 e. The lowest BCUT2D eigenvalue weighted by Gasteiger charge is -1.85. The van der Waals surface area contributed by atoms with E-state index < -0.39 is 42.7 Å². The summed E-state index contributed by atoms with van der Waals surface area (Å²) in [7, 11) is -11.2. The van der Waals surface area contributed by atoms with E-state index in [1.54, 1.807) is 0 Å². The van der Waals surface area contributed by atoms with Gasteiger partial charge in [0.25, 0.3) is 30.4 Å². The standard InChI is InChI=1S/C2H6O4S.2C2H6O3S/c3-1-2-7(4,5)6;2*1-2-6(3,4)5/h3H,1-2H2,(H,4,5,6);2*2H2,1H3,(H,3,4,5). The molecule has 0 saturated heterocycles. The highest BCUT2D eigenvalue weighted by Gasteiger charge is 1.99. The molecule has 0 fully saturated rings. The molecule has 0 aromatic heterocycles. The lowest BCUT2D eigenvalue weighted by Crippen LogP contribution is -2.06. The summed E-state index contributed by atoms with van der Waals surface area (Å²) in [6.45, 7) is 2.21. The molecule has 0 aliphatic rings. The van der Waals surface area contributed by atoms with Crippen molar-refractivity contribution in [1.82, 2.24) is 0 Å². The van der Waals surface area contributed by atoms with Crippen molar-refractivity contribution in [3.05, 3.63) is 0 Å². The lowest BCUT2D eigenvalue weighted by molar-refractivity contribution is 0.315. The van der Waals surface area contributed by atoms with E-state index in [1.807, 2.05) is 0 Å². The van der Waals surface area contributed by atoms with Gasteiger partial charge in [0, 0.05) is 0 Å². The summed E-state index contributed by atoms with van der Waals surface area (Å²) in [5.74, 6) is -0.979. The Hall–Kier alpha value is -0.310. The number of hydrogen-bond donors (Lipinski definition) is 4. The largest absolute Gasteiger partial charge is 0.395 e. The molecule has 4 N–H and O–H groups in total. The second-order valence-electron chi connectivity index (χ2n) is 2.75. The number of aliphatic hydroxyl groups excluding tert-OH is 1. The van der Waals surface area contributed by atoms with Crippen molar-refractivity contribution in [3.8, 4) is 0 Å². The van der Waals surface area contributed by atoms with Crippen molar-refractivity contribution in [2.45, 2.75) is 13.8 Å². The fraction of sp³-hybridized carbons (Fsp3) is 1.00. The van der Waals surface area contributed by atoms with Gasteiger partial charge in [-0.2, -0.15) is 25.3 Å². The van der Waals surface area contributed by atoms with E-state index in [0.29, 0.717) is 0 Å². The molecule has 0 saturated carbocycles. The predicted octanol–water partition coefficient (Wildman–Crippen LogP) is -1.35. The molecule has 19 heavy (non-hydrogen) atoms. The summed E-state index contributed by atoms with van der Waals surface area (Å²) in [5.41, 5.74) is 0. The SMILES string of the molecule is CCS(=O)(=O)O.CCS(=O)(=O)O.O=S(=O)(O)CCO. The predicted molar refractivity (Wildman–Crippen MR) is 67.7 cm³/mol. The smallest absolute Gasteiger partial charge is 0.267 e. The maximum atomic E-state index is 9.63. The van der Waals surface area contributed by atoms with E-state index in [9.17, 15) is 25.3 Å². The van der Waals surface area contributed by atoms with Gasteiger partial charge < -0.3 is 5.11 Å². The monoisotopic (exact) mass is 346 g/mol. The zero-order valence-electron chi connectivity index (χ0n) is 10.3. The molecule has 0 amide bonds. The van der Waals surface area contributed by atoms with Gasteiger partial charge in [-0.15, -0.1) is 0 Å². The fourth-order valence-electron chi connectivity index (χ4n) is 0.115. The fourth-order valence-corrected chi connectivity index (χ4v) is 0.346. The van der Waals surface area contributed by atoms with Crippen LogP contribution in [0, 0.1) is 0 Å². The minimum absolute atomic E-state index is 0.201. The quantitative estimate of drug-likeness (QED) is 0.444. The highest BCUT2D eigenvalue weighted by Crippen LogP contribution is 1.76. The molecule has 13 heteroatoms. The average molecular weight is 346 g/mol. The Balaban J connectivity index is -0.000000203. The number of hydrogen-bond acceptors (Lipinski definition) is 7. The van der Waals surface area contributed by atoms with Gasteiger partial charge in [0.05, 0.1) is 23.9 Å². The molecule has 0 aromatic rings. The Morgan fingerprint density at radius 3 is 0.895 bits per heavy atom. The van der Waals surface area contributed by atoms with E-state index in [0.717, 1.165) is 0 Å². The first-order chi connectivity index (χ1) is 8.18. The summed E-state index contributed by atoms with van der Waals surface area (Å²) >= 11 is 0. The second-order valence-corrected chi connectivity index (χ2v) is 7.81. The van der Waals surface area contributed by atoms with E-state index >= 15 is 0 Å². The van der Waals surface area contributed by atoms with E-state index in [-0.39, 0.29) is 11.5 Å². The van der Waals surface area contributed by atoms with Crippen molar-refractivity contribution >= 4 is 30.4 Å². The molecule has 0 heterocycles. The van der Waals surface area contributed by atoms with E-state index in [1.165, 1.54) is 13.8 Å². The summed E-state index contributed by atoms with van der Waals surface area (Å²) in [6.07, 6.45) is 0. The van der Waals surface area contributed by atoms with Crippen molar-refractivity contribution in [2.24, 2.45) is 0 Å². The Morgan fingerprint density at radius 2 is 0.895 bits per heavy atom. The van der Waals surface area contributed by atoms with Gasteiger partial charge in [-0.05, 0) is 13.8 Å². The van der Waals surface area contributed by atoms with Crippen molar-refractivity contribution < 1.29 is 44.0 Å². The Kier molecular flexibility index (Phi) is 13.1. The van der Waals surface area contributed by atoms with Crippen LogP contribution in [0.1, 0.15) is 13.8 Å². The molecule has 0 atom stereocenters. The molecule has 0 bridgehead atoms. The molecule has 0 aliphatic carbocycles. The van der Waals surface area contributed by atoms with Crippen LogP contribution in [0.5, 0.6) is 0 Å². The Morgan fingerprint density at radius 1 is 0.684 bits per heavy atom. The first-order valence-corrected chi connectivity index (χ1v) is 9.47. The van der Waals surface area contributed by atoms with Crippen LogP contribution in [0.2, 0.25) is 0 Å². The molecular formula is C6H18O10S3. The Labute approximate surface area is 112 Å². The van der Waals surface area contributed by atoms with E-state index in [2.05, 4.69) is 0 Å². The van der Waals surface area contributed by atoms with Crippen LogP contribution in [-0.4, -0.2) is 67.9 Å². The van der Waals surface area contributed by atoms with Crippen LogP contribution >= 0.6 is 0 Å². The molecule has 120 valence electrons. The van der Waals surface area contributed by atoms with Gasteiger partial charge in [-0.3, -0.25) is 13.7 Å². The summed E-state index contributed by atoms with van der Waals surface area (Å²) in [6, 6.07) is 0. The lowest BCUT2D eigenvalue weighted by atomic mass is 10.9. The van der Waals surface area contributed by atoms with Gasteiger partial charge in [-0.25, -0.2) is 0 Å². The van der Waals surface area contributed by atoms with Crippen molar-refractivity contribution in [3.63, 3.8) is 0 Å². The zero-order valence-corrected chi connectivity index (χ0v) is 12.7. The minimum atomic E-state index is -3.92. The molecule has 0 spiro atoms. The first-order valence-electron chi connectivity index (χ1n) is 4.64. The summed E-state index contributed by atoms with van der Waals surface area (Å²) < 4.78 is 80.9. The maximum absolute atomic E-state index is 9.63. The molecule has 0 aliphatic heterocycles. The van der Waals surface area contributed by atoms with Gasteiger partial charge in [0.15, 0.2) is 0 Å². The summed E-state index contributed by atoms with van der Waals surface area (Å²) in [5, 5.41) is 7.86. The van der Waals surface area contributed by atoms with Gasteiger partial charge >= 0.3 is 0 Å². The highest BCUT2D eigenvalue weighted by atomic mass is 32.2. The number of aliphatic hydroxyl groups is 1. The topological polar surface area (TPSA) is 183 Å². The molecular weight excluding hydrogens is 328 g/mol. The third kappa shape index (κ3) is 46.4. The first kappa shape index (κ1) is 23.8. The molecule has 0 unspecified atom stereocenters. The van der Waals surface area contributed by atoms with Crippen LogP contribution in [0.3, 0.4) is 0 Å². The van der Waals surface area contributed by atoms with Gasteiger partial charge in [0.2, 0.25) is 0 Å². The zero-order chi connectivity index (χ0) is 16.3. The van der Waals surface area contributed by atoms with Crippen LogP contribution in [0.15, 0.2) is 0 Å². The van der Waals surface area contributed by atoms with Gasteiger partial charge in [-0.1, -0.05) is 0 Å². The van der Waals surface area contributed by atoms with E-state index in [4.69, 9.17) is 18.8 Å². The molecule has 0 rings (SSSR count). The van der Waals surface area contributed by atoms with Crippen LogP contribution in [0.25, 0.3) is 0 Å². The third-order valence-electron chi connectivity index (χ3n) is 1.08. The van der Waals surface area contributed by atoms with Crippen LogP contribution in [0.4, 0.5) is 0 Å². The van der Waals surface area contributed by atoms with Crippen molar-refractivity contribution in [1.29, 1.82) is 0 Å². The van der Waals surface area contributed by atoms with Crippen LogP contribution < -0.4 is 0 Å². The molecule has 10 nitrogen and oxygen atoms in total. The number of rotatable bonds is 4. The van der Waals surface area contributed by atoms with Crippen molar-refractivity contribution in [2.75, 3.05) is 23.9 Å². The van der Waals surface area contributed by atoms with Gasteiger partial charge in [0.1, 0.15) is 0 Å². The average Bonchev–Trinajstić information content (AvgIpc) is 2.15. The second kappa shape index (κ2) is 10.5. The Bertz CT molecular complexity index is 467. The normalized spacial score (nSPS) is 11.7. The molecule has 0 radical (unpaired) electrons. The van der Waals surface area contributed by atoms with Crippen LogP contribution in [-0.2, 0) is 30.4 Å². The molecule has 0 aromatic carbocycles. The highest BCUT2D eigenvalue weighted by molar-refractivity contribution is 7.86. The summed E-state index contributed by atoms with van der Waals surface area (Å²) in [4.78, 5) is 0.